The Bertz CT molecular complexity index is 213. The third-order valence-electron chi connectivity index (χ3n) is 2.70. The van der Waals surface area contributed by atoms with Crippen LogP contribution >= 0.6 is 0 Å². The number of carbonyl (C=O) groups is 2. The van der Waals surface area contributed by atoms with Crippen molar-refractivity contribution in [2.75, 3.05) is 0 Å². The molecule has 0 spiro atoms. The van der Waals surface area contributed by atoms with Gasteiger partial charge in [0, 0.05) is 0 Å². The SMILES string of the molecule is CCC(CCCCC(C)C(=O)O)C(=O)O. The molecule has 88 valence electrons. The van der Waals surface area contributed by atoms with Crippen LogP contribution in [0.5, 0.6) is 0 Å². The maximum absolute atomic E-state index is 10.7. The zero-order chi connectivity index (χ0) is 11.8. The van der Waals surface area contributed by atoms with E-state index in [0.29, 0.717) is 19.3 Å². The number of carboxylic acids is 2. The van der Waals surface area contributed by atoms with Crippen LogP contribution in [-0.2, 0) is 9.59 Å². The van der Waals surface area contributed by atoms with Gasteiger partial charge in [-0.05, 0) is 19.3 Å². The van der Waals surface area contributed by atoms with Gasteiger partial charge in [-0.15, -0.1) is 0 Å². The van der Waals surface area contributed by atoms with Crippen LogP contribution in [0, 0.1) is 11.8 Å². The summed E-state index contributed by atoms with van der Waals surface area (Å²) in [4.78, 5) is 21.2. The third-order valence-corrected chi connectivity index (χ3v) is 2.70. The van der Waals surface area contributed by atoms with Crippen molar-refractivity contribution in [2.24, 2.45) is 11.8 Å². The summed E-state index contributed by atoms with van der Waals surface area (Å²) in [7, 11) is 0. The molecule has 0 amide bonds. The van der Waals surface area contributed by atoms with E-state index in [1.54, 1.807) is 6.92 Å². The van der Waals surface area contributed by atoms with Crippen LogP contribution in [0.4, 0.5) is 0 Å². The van der Waals surface area contributed by atoms with Crippen LogP contribution in [0.15, 0.2) is 0 Å². The predicted molar refractivity (Wildman–Crippen MR) is 56.7 cm³/mol. The lowest BCUT2D eigenvalue weighted by Gasteiger charge is -2.10. The Labute approximate surface area is 90.3 Å². The Hall–Kier alpha value is -1.06. The van der Waals surface area contributed by atoms with Crippen molar-refractivity contribution in [3.05, 3.63) is 0 Å². The fourth-order valence-corrected chi connectivity index (χ4v) is 1.47. The molecule has 0 heterocycles. The van der Waals surface area contributed by atoms with Gasteiger partial charge in [-0.1, -0.05) is 26.7 Å². The minimum Gasteiger partial charge on any atom is -0.481 e. The second-order valence-corrected chi connectivity index (χ2v) is 3.97. The molecule has 0 aliphatic carbocycles. The zero-order valence-electron chi connectivity index (χ0n) is 9.40. The first-order valence-corrected chi connectivity index (χ1v) is 5.44. The summed E-state index contributed by atoms with van der Waals surface area (Å²) in [6, 6.07) is 0. The van der Waals surface area contributed by atoms with Gasteiger partial charge in [-0.25, -0.2) is 0 Å². The maximum Gasteiger partial charge on any atom is 0.306 e. The minimum atomic E-state index is -0.778. The molecule has 0 radical (unpaired) electrons. The topological polar surface area (TPSA) is 74.6 Å². The Morgan fingerprint density at radius 3 is 2.00 bits per heavy atom. The molecule has 2 N–H and O–H groups in total. The number of aliphatic carboxylic acids is 2. The normalized spacial score (nSPS) is 14.5. The highest BCUT2D eigenvalue weighted by Gasteiger charge is 2.15. The first-order chi connectivity index (χ1) is 6.99. The Balaban J connectivity index is 3.61. The van der Waals surface area contributed by atoms with Crippen LogP contribution in [-0.4, -0.2) is 22.2 Å². The second kappa shape index (κ2) is 7.26. The van der Waals surface area contributed by atoms with Gasteiger partial charge in [0.15, 0.2) is 0 Å². The summed E-state index contributed by atoms with van der Waals surface area (Å²) in [6.07, 6.45) is 3.51. The molecular weight excluding hydrogens is 196 g/mol. The highest BCUT2D eigenvalue weighted by molar-refractivity contribution is 5.70. The smallest absolute Gasteiger partial charge is 0.306 e. The van der Waals surface area contributed by atoms with E-state index in [-0.39, 0.29) is 11.8 Å². The van der Waals surface area contributed by atoms with E-state index < -0.39 is 11.9 Å². The summed E-state index contributed by atoms with van der Waals surface area (Å²) in [5.41, 5.74) is 0. The summed E-state index contributed by atoms with van der Waals surface area (Å²) in [5.74, 6) is -2.12. The molecule has 4 nitrogen and oxygen atoms in total. The number of hydrogen-bond acceptors (Lipinski definition) is 2. The maximum atomic E-state index is 10.7. The molecule has 4 heteroatoms. The average molecular weight is 216 g/mol. The van der Waals surface area contributed by atoms with Gasteiger partial charge in [0.2, 0.25) is 0 Å². The monoisotopic (exact) mass is 216 g/mol. The fourth-order valence-electron chi connectivity index (χ4n) is 1.47. The lowest BCUT2D eigenvalue weighted by Crippen LogP contribution is -2.13. The van der Waals surface area contributed by atoms with Crippen molar-refractivity contribution in [1.29, 1.82) is 0 Å². The number of carboxylic acid groups (broad SMARTS) is 2. The first kappa shape index (κ1) is 13.9. The van der Waals surface area contributed by atoms with Crippen molar-refractivity contribution in [3.63, 3.8) is 0 Å². The summed E-state index contributed by atoms with van der Waals surface area (Å²) in [5, 5.41) is 17.4. The average Bonchev–Trinajstić information content (AvgIpc) is 2.16. The van der Waals surface area contributed by atoms with Gasteiger partial charge >= 0.3 is 11.9 Å². The molecule has 0 bridgehead atoms. The zero-order valence-corrected chi connectivity index (χ0v) is 9.40. The van der Waals surface area contributed by atoms with Gasteiger partial charge in [0.05, 0.1) is 11.8 Å². The number of unbranched alkanes of at least 4 members (excludes halogenated alkanes) is 1. The largest absolute Gasteiger partial charge is 0.481 e. The molecule has 0 saturated heterocycles. The molecule has 2 atom stereocenters. The molecule has 0 saturated carbocycles. The number of hydrogen-bond donors (Lipinski definition) is 2. The van der Waals surface area contributed by atoms with Gasteiger partial charge in [-0.3, -0.25) is 9.59 Å². The van der Waals surface area contributed by atoms with Crippen molar-refractivity contribution in [1.82, 2.24) is 0 Å². The molecule has 0 aromatic heterocycles. The van der Waals surface area contributed by atoms with Crippen LogP contribution in [0.2, 0.25) is 0 Å². The lowest BCUT2D eigenvalue weighted by molar-refractivity contribution is -0.143. The highest BCUT2D eigenvalue weighted by Crippen LogP contribution is 2.16. The van der Waals surface area contributed by atoms with E-state index in [1.807, 2.05) is 6.92 Å². The van der Waals surface area contributed by atoms with Crippen molar-refractivity contribution < 1.29 is 19.8 Å². The standard InChI is InChI=1S/C11H20O4/c1-3-9(11(14)15)7-5-4-6-8(2)10(12)13/h8-9H,3-7H2,1-2H3,(H,12,13)(H,14,15). The molecule has 0 aromatic rings. The summed E-state index contributed by atoms with van der Waals surface area (Å²) >= 11 is 0. The predicted octanol–water partition coefficient (Wildman–Crippen LogP) is 2.38. The lowest BCUT2D eigenvalue weighted by atomic mass is 9.96. The van der Waals surface area contributed by atoms with Crippen LogP contribution in [0.3, 0.4) is 0 Å². The molecule has 0 aliphatic rings. The molecule has 0 fully saturated rings. The Morgan fingerprint density at radius 2 is 1.60 bits per heavy atom. The van der Waals surface area contributed by atoms with Crippen molar-refractivity contribution >= 4 is 11.9 Å². The van der Waals surface area contributed by atoms with Gasteiger partial charge < -0.3 is 10.2 Å². The molecule has 0 aromatic carbocycles. The molecule has 0 aliphatic heterocycles. The van der Waals surface area contributed by atoms with Crippen LogP contribution < -0.4 is 0 Å². The highest BCUT2D eigenvalue weighted by atomic mass is 16.4. The van der Waals surface area contributed by atoms with E-state index in [4.69, 9.17) is 10.2 Å². The molecule has 15 heavy (non-hydrogen) atoms. The van der Waals surface area contributed by atoms with E-state index in [0.717, 1.165) is 12.8 Å². The summed E-state index contributed by atoms with van der Waals surface area (Å²) < 4.78 is 0. The number of rotatable bonds is 8. The van der Waals surface area contributed by atoms with E-state index >= 15 is 0 Å². The second-order valence-electron chi connectivity index (χ2n) is 3.97. The van der Waals surface area contributed by atoms with E-state index in [1.165, 1.54) is 0 Å². The third kappa shape index (κ3) is 6.10. The first-order valence-electron chi connectivity index (χ1n) is 5.44. The van der Waals surface area contributed by atoms with Gasteiger partial charge in [0.25, 0.3) is 0 Å². The Morgan fingerprint density at radius 1 is 1.07 bits per heavy atom. The Kier molecular flexibility index (Phi) is 6.75. The van der Waals surface area contributed by atoms with E-state index in [2.05, 4.69) is 0 Å². The van der Waals surface area contributed by atoms with Gasteiger partial charge in [-0.2, -0.15) is 0 Å². The van der Waals surface area contributed by atoms with Crippen LogP contribution in [0.1, 0.15) is 46.0 Å². The van der Waals surface area contributed by atoms with Crippen molar-refractivity contribution in [2.45, 2.75) is 46.0 Å². The molecule has 0 rings (SSSR count). The fraction of sp³-hybridized carbons (Fsp3) is 0.818. The molecule has 2 unspecified atom stereocenters. The quantitative estimate of drug-likeness (QED) is 0.611. The molecular formula is C11H20O4. The minimum absolute atomic E-state index is 0.273. The summed E-state index contributed by atoms with van der Waals surface area (Å²) in [6.45, 7) is 3.54. The van der Waals surface area contributed by atoms with Crippen molar-refractivity contribution in [3.8, 4) is 0 Å². The van der Waals surface area contributed by atoms with Crippen LogP contribution in [0.25, 0.3) is 0 Å². The van der Waals surface area contributed by atoms with E-state index in [9.17, 15) is 9.59 Å². The van der Waals surface area contributed by atoms with Gasteiger partial charge in [0.1, 0.15) is 0 Å².